The van der Waals surface area contributed by atoms with Crippen LogP contribution < -0.4 is 11.1 Å². The quantitative estimate of drug-likeness (QED) is 0.815. The Morgan fingerprint density at radius 1 is 1.56 bits per heavy atom. The van der Waals surface area contributed by atoms with Crippen molar-refractivity contribution in [2.45, 2.75) is 6.92 Å². The highest BCUT2D eigenvalue weighted by atomic mass is 32.1. The Kier molecular flexibility index (Phi) is 4.04. The van der Waals surface area contributed by atoms with Crippen LogP contribution in [0.2, 0.25) is 0 Å². The standard InChI is InChI=1S/C11H10N4OS2/c1-7-14-15-11(18-7)13-10(16)9-8(3-2-5-12)4-6-17-9/h4,6H,5,12H2,1H3,(H,13,15,16). The van der Waals surface area contributed by atoms with E-state index in [2.05, 4.69) is 27.4 Å². The van der Waals surface area contributed by atoms with Gasteiger partial charge in [-0.05, 0) is 18.4 Å². The summed E-state index contributed by atoms with van der Waals surface area (Å²) in [5.74, 6) is 5.38. The van der Waals surface area contributed by atoms with Gasteiger partial charge in [0.15, 0.2) is 0 Å². The monoisotopic (exact) mass is 278 g/mol. The van der Waals surface area contributed by atoms with Crippen molar-refractivity contribution < 1.29 is 4.79 Å². The summed E-state index contributed by atoms with van der Waals surface area (Å²) < 4.78 is 0. The maximum atomic E-state index is 12.0. The van der Waals surface area contributed by atoms with E-state index in [1.807, 2.05) is 12.3 Å². The van der Waals surface area contributed by atoms with Gasteiger partial charge in [0, 0.05) is 5.56 Å². The fourth-order valence-corrected chi connectivity index (χ4v) is 2.56. The van der Waals surface area contributed by atoms with Crippen LogP contribution in [-0.2, 0) is 0 Å². The molecule has 2 heterocycles. The Morgan fingerprint density at radius 2 is 2.39 bits per heavy atom. The number of carbonyl (C=O) groups excluding carboxylic acids is 1. The van der Waals surface area contributed by atoms with Crippen molar-refractivity contribution in [3.63, 3.8) is 0 Å². The Labute approximate surface area is 112 Å². The Hall–Kier alpha value is -1.75. The van der Waals surface area contributed by atoms with Gasteiger partial charge in [-0.3, -0.25) is 10.1 Å². The fourth-order valence-electron chi connectivity index (χ4n) is 1.23. The zero-order valence-corrected chi connectivity index (χ0v) is 11.2. The molecule has 0 saturated heterocycles. The Balaban J connectivity index is 2.16. The van der Waals surface area contributed by atoms with Crippen LogP contribution in [0, 0.1) is 18.8 Å². The number of aromatic nitrogens is 2. The minimum Gasteiger partial charge on any atom is -0.320 e. The number of thiophene rings is 1. The summed E-state index contributed by atoms with van der Waals surface area (Å²) in [5, 5.41) is 13.5. The summed E-state index contributed by atoms with van der Waals surface area (Å²) >= 11 is 2.67. The number of rotatable bonds is 2. The normalized spacial score (nSPS) is 9.67. The molecule has 7 heteroatoms. The number of nitrogens with two attached hydrogens (primary N) is 1. The van der Waals surface area contributed by atoms with E-state index < -0.39 is 0 Å². The van der Waals surface area contributed by atoms with E-state index in [1.165, 1.54) is 22.7 Å². The van der Waals surface area contributed by atoms with Crippen LogP contribution in [0.5, 0.6) is 0 Å². The van der Waals surface area contributed by atoms with Crippen LogP contribution in [0.25, 0.3) is 0 Å². The zero-order chi connectivity index (χ0) is 13.0. The molecule has 2 aromatic rings. The van der Waals surface area contributed by atoms with Crippen molar-refractivity contribution in [3.05, 3.63) is 26.9 Å². The Bertz CT molecular complexity index is 620. The average molecular weight is 278 g/mol. The topological polar surface area (TPSA) is 80.9 Å². The van der Waals surface area contributed by atoms with Crippen LogP contribution in [-0.4, -0.2) is 22.6 Å². The summed E-state index contributed by atoms with van der Waals surface area (Å²) in [6.07, 6.45) is 0. The lowest BCUT2D eigenvalue weighted by Gasteiger charge is -1.98. The first kappa shape index (κ1) is 12.7. The van der Waals surface area contributed by atoms with Gasteiger partial charge in [0.25, 0.3) is 5.91 Å². The summed E-state index contributed by atoms with van der Waals surface area (Å²) in [7, 11) is 0. The highest BCUT2D eigenvalue weighted by molar-refractivity contribution is 7.15. The largest absolute Gasteiger partial charge is 0.320 e. The molecule has 0 aliphatic heterocycles. The number of anilines is 1. The summed E-state index contributed by atoms with van der Waals surface area (Å²) in [6.45, 7) is 2.10. The van der Waals surface area contributed by atoms with Gasteiger partial charge in [-0.1, -0.05) is 23.2 Å². The number of amides is 1. The van der Waals surface area contributed by atoms with Gasteiger partial charge < -0.3 is 5.73 Å². The number of hydrogen-bond acceptors (Lipinski definition) is 6. The van der Waals surface area contributed by atoms with Crippen LogP contribution in [0.3, 0.4) is 0 Å². The van der Waals surface area contributed by atoms with Gasteiger partial charge in [0.05, 0.1) is 6.54 Å². The van der Waals surface area contributed by atoms with Crippen molar-refractivity contribution >= 4 is 33.7 Å². The number of nitrogens with one attached hydrogen (secondary N) is 1. The maximum Gasteiger partial charge on any atom is 0.268 e. The second-order valence-electron chi connectivity index (χ2n) is 3.25. The highest BCUT2D eigenvalue weighted by Gasteiger charge is 2.13. The molecule has 2 aromatic heterocycles. The van der Waals surface area contributed by atoms with E-state index >= 15 is 0 Å². The number of hydrogen-bond donors (Lipinski definition) is 2. The molecular formula is C11H10N4OS2. The third-order valence-electron chi connectivity index (χ3n) is 1.94. The molecule has 0 atom stereocenters. The van der Waals surface area contributed by atoms with E-state index in [4.69, 9.17) is 5.73 Å². The molecule has 0 unspecified atom stereocenters. The van der Waals surface area contributed by atoms with Gasteiger partial charge in [0.1, 0.15) is 9.88 Å². The molecule has 0 aromatic carbocycles. The first-order valence-electron chi connectivity index (χ1n) is 5.08. The minimum atomic E-state index is -0.220. The predicted octanol–water partition coefficient (Wildman–Crippen LogP) is 1.47. The second kappa shape index (κ2) is 5.73. The minimum absolute atomic E-state index is 0.220. The average Bonchev–Trinajstić information content (AvgIpc) is 2.95. The van der Waals surface area contributed by atoms with Crippen molar-refractivity contribution in [3.8, 4) is 11.8 Å². The predicted molar refractivity (Wildman–Crippen MR) is 72.9 cm³/mol. The highest BCUT2D eigenvalue weighted by Crippen LogP contribution is 2.19. The molecule has 0 radical (unpaired) electrons. The summed E-state index contributed by atoms with van der Waals surface area (Å²) in [6, 6.07) is 1.80. The first-order chi connectivity index (χ1) is 8.70. The molecule has 0 saturated carbocycles. The summed E-state index contributed by atoms with van der Waals surface area (Å²) in [4.78, 5) is 12.6. The Morgan fingerprint density at radius 3 is 3.06 bits per heavy atom. The van der Waals surface area contributed by atoms with Crippen molar-refractivity contribution in [2.75, 3.05) is 11.9 Å². The van der Waals surface area contributed by atoms with E-state index in [0.717, 1.165) is 5.01 Å². The van der Waals surface area contributed by atoms with Gasteiger partial charge in [-0.15, -0.1) is 21.5 Å². The van der Waals surface area contributed by atoms with Crippen molar-refractivity contribution in [2.24, 2.45) is 5.73 Å². The van der Waals surface area contributed by atoms with Crippen LogP contribution >= 0.6 is 22.7 Å². The van der Waals surface area contributed by atoms with Crippen LogP contribution in [0.15, 0.2) is 11.4 Å². The third-order valence-corrected chi connectivity index (χ3v) is 3.61. The molecule has 0 bridgehead atoms. The lowest BCUT2D eigenvalue weighted by atomic mass is 10.2. The SMILES string of the molecule is Cc1nnc(NC(=O)c2sccc2C#CCN)s1. The molecule has 18 heavy (non-hydrogen) atoms. The smallest absolute Gasteiger partial charge is 0.268 e. The summed E-state index contributed by atoms with van der Waals surface area (Å²) in [5.41, 5.74) is 5.99. The maximum absolute atomic E-state index is 12.0. The van der Waals surface area contributed by atoms with E-state index in [9.17, 15) is 4.79 Å². The van der Waals surface area contributed by atoms with Crippen LogP contribution in [0.1, 0.15) is 20.2 Å². The van der Waals surface area contributed by atoms with E-state index in [-0.39, 0.29) is 12.5 Å². The number of carbonyl (C=O) groups is 1. The molecule has 3 N–H and O–H groups in total. The first-order valence-corrected chi connectivity index (χ1v) is 6.78. The molecule has 5 nitrogen and oxygen atoms in total. The molecule has 0 fully saturated rings. The second-order valence-corrected chi connectivity index (χ2v) is 5.35. The molecule has 2 rings (SSSR count). The molecule has 92 valence electrons. The molecule has 0 aliphatic rings. The molecule has 0 aliphatic carbocycles. The number of nitrogens with zero attached hydrogens (tertiary/aromatic N) is 2. The van der Waals surface area contributed by atoms with Gasteiger partial charge in [-0.2, -0.15) is 0 Å². The number of aryl methyl sites for hydroxylation is 1. The van der Waals surface area contributed by atoms with Gasteiger partial charge >= 0.3 is 0 Å². The van der Waals surface area contributed by atoms with Crippen molar-refractivity contribution in [1.29, 1.82) is 0 Å². The zero-order valence-electron chi connectivity index (χ0n) is 9.56. The molecule has 1 amide bonds. The van der Waals surface area contributed by atoms with Crippen LogP contribution in [0.4, 0.5) is 5.13 Å². The van der Waals surface area contributed by atoms with Crippen molar-refractivity contribution in [1.82, 2.24) is 10.2 Å². The van der Waals surface area contributed by atoms with E-state index in [0.29, 0.717) is 15.6 Å². The lowest BCUT2D eigenvalue weighted by molar-refractivity contribution is 0.103. The third kappa shape index (κ3) is 2.92. The fraction of sp³-hybridized carbons (Fsp3) is 0.182. The molecule has 0 spiro atoms. The lowest BCUT2D eigenvalue weighted by Crippen LogP contribution is -2.11. The van der Waals surface area contributed by atoms with Gasteiger partial charge in [0.2, 0.25) is 5.13 Å². The van der Waals surface area contributed by atoms with E-state index in [1.54, 1.807) is 6.07 Å². The molecular weight excluding hydrogens is 268 g/mol. The van der Waals surface area contributed by atoms with Gasteiger partial charge in [-0.25, -0.2) is 0 Å².